The average molecular weight is 153 g/mol. The topological polar surface area (TPSA) is 33.9 Å². The largest absolute Gasteiger partial charge is 0.870 e. The molecule has 2 heteroatoms. The van der Waals surface area contributed by atoms with Crippen LogP contribution < -0.4 is 4.57 Å². The van der Waals surface area contributed by atoms with E-state index in [9.17, 15) is 0 Å². The summed E-state index contributed by atoms with van der Waals surface area (Å²) in [5.41, 5.74) is 3.98. The molecule has 0 unspecified atom stereocenters. The molecule has 2 nitrogen and oxygen atoms in total. The van der Waals surface area contributed by atoms with Gasteiger partial charge >= 0.3 is 0 Å². The molecular weight excluding hydrogens is 138 g/mol. The number of hydrogen-bond acceptors (Lipinski definition) is 1. The lowest BCUT2D eigenvalue weighted by molar-refractivity contribution is -0.683. The summed E-state index contributed by atoms with van der Waals surface area (Å²) < 4.78 is 2.19. The summed E-state index contributed by atoms with van der Waals surface area (Å²) in [6, 6.07) is 4.38. The van der Waals surface area contributed by atoms with Gasteiger partial charge in [-0.15, -0.1) is 0 Å². The minimum Gasteiger partial charge on any atom is -0.870 e. The first kappa shape index (κ1) is 10.1. The van der Waals surface area contributed by atoms with Gasteiger partial charge in [0.1, 0.15) is 7.05 Å². The molecule has 0 bridgehead atoms. The van der Waals surface area contributed by atoms with E-state index in [1.165, 1.54) is 17.0 Å². The third-order valence-corrected chi connectivity index (χ3v) is 1.93. The van der Waals surface area contributed by atoms with Gasteiger partial charge in [-0.05, 0) is 12.5 Å². The molecule has 1 aromatic rings. The first-order valence-corrected chi connectivity index (χ1v) is 3.55. The van der Waals surface area contributed by atoms with Crippen molar-refractivity contribution in [3.8, 4) is 0 Å². The van der Waals surface area contributed by atoms with Crippen molar-refractivity contribution < 1.29 is 10.0 Å². The van der Waals surface area contributed by atoms with Gasteiger partial charge in [0.2, 0.25) is 0 Å². The highest BCUT2D eigenvalue weighted by molar-refractivity contribution is 5.13. The smallest absolute Gasteiger partial charge is 0.178 e. The summed E-state index contributed by atoms with van der Waals surface area (Å²) in [6.07, 6.45) is 0. The van der Waals surface area contributed by atoms with E-state index in [1.54, 1.807) is 0 Å². The Balaban J connectivity index is 0.000001000. The predicted octanol–water partition coefficient (Wildman–Crippen LogP) is 1.26. The molecular formula is C9H15NO. The van der Waals surface area contributed by atoms with Gasteiger partial charge in [-0.3, -0.25) is 0 Å². The van der Waals surface area contributed by atoms with Gasteiger partial charge < -0.3 is 5.48 Å². The lowest BCUT2D eigenvalue weighted by Crippen LogP contribution is -2.35. The van der Waals surface area contributed by atoms with Crippen molar-refractivity contribution in [2.45, 2.75) is 20.8 Å². The molecule has 0 radical (unpaired) electrons. The zero-order valence-corrected chi connectivity index (χ0v) is 7.55. The Morgan fingerprint density at radius 1 is 1.00 bits per heavy atom. The number of rotatable bonds is 0. The van der Waals surface area contributed by atoms with Crippen molar-refractivity contribution in [1.29, 1.82) is 0 Å². The van der Waals surface area contributed by atoms with Gasteiger partial charge in [0.25, 0.3) is 0 Å². The van der Waals surface area contributed by atoms with Crippen LogP contribution in [0.4, 0.5) is 0 Å². The number of hydrogen-bond donors (Lipinski definition) is 0. The van der Waals surface area contributed by atoms with E-state index in [-0.39, 0.29) is 5.48 Å². The van der Waals surface area contributed by atoms with Crippen LogP contribution in [0.25, 0.3) is 0 Å². The van der Waals surface area contributed by atoms with E-state index < -0.39 is 0 Å². The summed E-state index contributed by atoms with van der Waals surface area (Å²) in [5, 5.41) is 0. The molecule has 0 spiro atoms. The fourth-order valence-corrected chi connectivity index (χ4v) is 1.17. The Morgan fingerprint density at radius 2 is 1.36 bits per heavy atom. The maximum Gasteiger partial charge on any atom is 0.178 e. The molecule has 0 aliphatic heterocycles. The molecule has 0 aliphatic carbocycles. The summed E-state index contributed by atoms with van der Waals surface area (Å²) in [7, 11) is 2.09. The van der Waals surface area contributed by atoms with E-state index in [0.29, 0.717) is 0 Å². The number of aromatic nitrogens is 1. The minimum absolute atomic E-state index is 0. The van der Waals surface area contributed by atoms with Gasteiger partial charge in [0.15, 0.2) is 11.4 Å². The highest BCUT2D eigenvalue weighted by atomic mass is 16.0. The van der Waals surface area contributed by atoms with E-state index in [1.807, 2.05) is 0 Å². The van der Waals surface area contributed by atoms with E-state index in [0.717, 1.165) is 0 Å². The molecule has 1 aromatic heterocycles. The first-order chi connectivity index (χ1) is 4.61. The van der Waals surface area contributed by atoms with Crippen molar-refractivity contribution in [1.82, 2.24) is 0 Å². The molecule has 11 heavy (non-hydrogen) atoms. The zero-order valence-electron chi connectivity index (χ0n) is 7.55. The number of nitrogens with zero attached hydrogens (tertiary/aromatic N) is 1. The van der Waals surface area contributed by atoms with Crippen LogP contribution in [0.2, 0.25) is 0 Å². The predicted molar refractivity (Wildman–Crippen MR) is 43.8 cm³/mol. The second-order valence-electron chi connectivity index (χ2n) is 2.87. The Labute approximate surface area is 67.8 Å². The van der Waals surface area contributed by atoms with E-state index in [4.69, 9.17) is 0 Å². The minimum atomic E-state index is 0. The monoisotopic (exact) mass is 153 g/mol. The molecule has 0 fully saturated rings. The van der Waals surface area contributed by atoms with Crippen molar-refractivity contribution in [3.63, 3.8) is 0 Å². The van der Waals surface area contributed by atoms with Gasteiger partial charge in [-0.1, -0.05) is 0 Å². The average Bonchev–Trinajstić information content (AvgIpc) is 1.82. The molecule has 0 aromatic carbocycles. The molecule has 0 aliphatic rings. The van der Waals surface area contributed by atoms with E-state index in [2.05, 4.69) is 44.5 Å². The van der Waals surface area contributed by atoms with Crippen LogP contribution in [0.1, 0.15) is 17.0 Å². The first-order valence-electron chi connectivity index (χ1n) is 3.55. The summed E-state index contributed by atoms with van der Waals surface area (Å²) in [5.74, 6) is 0. The van der Waals surface area contributed by atoms with Crippen molar-refractivity contribution >= 4 is 0 Å². The maximum atomic E-state index is 2.19. The van der Waals surface area contributed by atoms with Crippen LogP contribution in [-0.2, 0) is 7.05 Å². The molecule has 62 valence electrons. The zero-order chi connectivity index (χ0) is 7.72. The van der Waals surface area contributed by atoms with Crippen LogP contribution in [-0.4, -0.2) is 5.48 Å². The van der Waals surface area contributed by atoms with Crippen molar-refractivity contribution in [2.24, 2.45) is 7.05 Å². The van der Waals surface area contributed by atoms with Crippen LogP contribution in [0.15, 0.2) is 12.1 Å². The number of pyridine rings is 1. The van der Waals surface area contributed by atoms with Gasteiger partial charge in [-0.25, -0.2) is 4.57 Å². The Morgan fingerprint density at radius 3 is 1.73 bits per heavy atom. The van der Waals surface area contributed by atoms with Crippen LogP contribution >= 0.6 is 0 Å². The van der Waals surface area contributed by atoms with Crippen molar-refractivity contribution in [2.75, 3.05) is 0 Å². The highest BCUT2D eigenvalue weighted by Crippen LogP contribution is 1.99. The highest BCUT2D eigenvalue weighted by Gasteiger charge is 2.03. The van der Waals surface area contributed by atoms with Gasteiger partial charge in [-0.2, -0.15) is 0 Å². The summed E-state index contributed by atoms with van der Waals surface area (Å²) in [4.78, 5) is 0. The second kappa shape index (κ2) is 3.49. The summed E-state index contributed by atoms with van der Waals surface area (Å²) in [6.45, 7) is 6.38. The maximum absolute atomic E-state index is 2.19. The fourth-order valence-electron chi connectivity index (χ4n) is 1.17. The molecule has 0 amide bonds. The molecule has 0 saturated heterocycles. The molecule has 0 saturated carbocycles. The van der Waals surface area contributed by atoms with Crippen LogP contribution in [0.3, 0.4) is 0 Å². The van der Waals surface area contributed by atoms with Crippen LogP contribution in [0.5, 0.6) is 0 Å². The van der Waals surface area contributed by atoms with Crippen molar-refractivity contribution in [3.05, 3.63) is 29.1 Å². The van der Waals surface area contributed by atoms with E-state index >= 15 is 0 Å². The number of aryl methyl sites for hydroxylation is 3. The Kier molecular flexibility index (Phi) is 3.20. The normalized spacial score (nSPS) is 9.09. The third-order valence-electron chi connectivity index (χ3n) is 1.93. The van der Waals surface area contributed by atoms with Gasteiger partial charge in [0.05, 0.1) is 0 Å². The molecule has 1 N–H and O–H groups in total. The summed E-state index contributed by atoms with van der Waals surface area (Å²) >= 11 is 0. The Hall–Kier alpha value is -0.890. The fraction of sp³-hybridized carbons (Fsp3) is 0.444. The van der Waals surface area contributed by atoms with Gasteiger partial charge in [0, 0.05) is 26.0 Å². The standard InChI is InChI=1S/C9H14N.H2O/c1-7-5-8(2)10(4)9(3)6-7;/h5-6H,1-4H3;1H2/q+1;/p-1. The second-order valence-corrected chi connectivity index (χ2v) is 2.87. The lowest BCUT2D eigenvalue weighted by Gasteiger charge is -1.98. The lowest BCUT2D eigenvalue weighted by atomic mass is 10.2. The SMILES string of the molecule is Cc1cc(C)[n+](C)c(C)c1.[OH-]. The Bertz CT molecular complexity index is 233. The molecule has 1 heterocycles. The third kappa shape index (κ3) is 2.02. The van der Waals surface area contributed by atoms with Crippen LogP contribution in [0, 0.1) is 20.8 Å². The molecule has 1 rings (SSSR count). The quantitative estimate of drug-likeness (QED) is 0.516. The molecule has 0 atom stereocenters.